The van der Waals surface area contributed by atoms with Crippen molar-refractivity contribution < 1.29 is 26.0 Å². The van der Waals surface area contributed by atoms with E-state index < -0.39 is 38.2 Å². The lowest BCUT2D eigenvalue weighted by molar-refractivity contribution is -0.140. The van der Waals surface area contributed by atoms with Crippen LogP contribution < -0.4 is 5.32 Å². The summed E-state index contributed by atoms with van der Waals surface area (Å²) in [5.74, 6) is -1.39. The van der Waals surface area contributed by atoms with Crippen LogP contribution >= 0.6 is 0 Å². The topological polar surface area (TPSA) is 46.2 Å². The molecule has 1 unspecified atom stereocenters. The summed E-state index contributed by atoms with van der Waals surface area (Å²) in [6.45, 7) is 2.81. The molecule has 0 saturated heterocycles. The van der Waals surface area contributed by atoms with Gasteiger partial charge in [0.1, 0.15) is 5.82 Å². The number of rotatable bonds is 4. The van der Waals surface area contributed by atoms with Crippen LogP contribution in [0, 0.1) is 5.82 Å². The van der Waals surface area contributed by atoms with Crippen LogP contribution in [0.2, 0.25) is 0 Å². The van der Waals surface area contributed by atoms with Crippen molar-refractivity contribution in [3.8, 4) is 0 Å². The molecule has 1 N–H and O–H groups in total. The lowest BCUT2D eigenvalue weighted by Gasteiger charge is -2.33. The second-order valence-electron chi connectivity index (χ2n) is 5.33. The molecule has 1 rings (SSSR count). The van der Waals surface area contributed by atoms with Gasteiger partial charge in [-0.1, -0.05) is 6.07 Å². The van der Waals surface area contributed by atoms with Crippen LogP contribution in [0.1, 0.15) is 31.0 Å². The summed E-state index contributed by atoms with van der Waals surface area (Å²) in [5.41, 5.74) is -1.36. The first-order valence-electron chi connectivity index (χ1n) is 6.06. The molecule has 0 aliphatic rings. The molecule has 0 bridgehead atoms. The maximum atomic E-state index is 13.3. The number of hydrogen-bond acceptors (Lipinski definition) is 3. The molecule has 0 spiro atoms. The van der Waals surface area contributed by atoms with Crippen LogP contribution in [0.15, 0.2) is 18.2 Å². The van der Waals surface area contributed by atoms with E-state index in [9.17, 15) is 26.0 Å². The maximum absolute atomic E-state index is 13.3. The van der Waals surface area contributed by atoms with E-state index in [4.69, 9.17) is 0 Å². The van der Waals surface area contributed by atoms with Crippen LogP contribution in [-0.4, -0.2) is 26.5 Å². The summed E-state index contributed by atoms with van der Waals surface area (Å²) < 4.78 is 73.9. The van der Waals surface area contributed by atoms with Gasteiger partial charge in [0.15, 0.2) is 9.84 Å². The van der Waals surface area contributed by atoms with Crippen molar-refractivity contribution in [3.05, 3.63) is 35.1 Å². The van der Waals surface area contributed by atoms with Gasteiger partial charge in [-0.3, -0.25) is 0 Å². The Bertz CT molecular complexity index is 624. The third kappa shape index (κ3) is 3.55. The van der Waals surface area contributed by atoms with Gasteiger partial charge in [0.2, 0.25) is 0 Å². The summed E-state index contributed by atoms with van der Waals surface area (Å²) in [5, 5.41) is 2.69. The highest BCUT2D eigenvalue weighted by atomic mass is 32.2. The minimum atomic E-state index is -4.84. The summed E-state index contributed by atoms with van der Waals surface area (Å²) in [6.07, 6.45) is -3.83. The molecule has 3 nitrogen and oxygen atoms in total. The molecule has 1 aromatic carbocycles. The zero-order valence-corrected chi connectivity index (χ0v) is 12.9. The van der Waals surface area contributed by atoms with Crippen molar-refractivity contribution in [1.29, 1.82) is 0 Å². The van der Waals surface area contributed by atoms with Crippen LogP contribution in [0.3, 0.4) is 0 Å². The minimum absolute atomic E-state index is 0.0571. The molecule has 1 atom stereocenters. The Labute approximate surface area is 121 Å². The smallest absolute Gasteiger partial charge is 0.312 e. The quantitative estimate of drug-likeness (QED) is 0.865. The maximum Gasteiger partial charge on any atom is 0.419 e. The molecule has 0 heterocycles. The monoisotopic (exact) mass is 327 g/mol. The number of alkyl halides is 3. The van der Waals surface area contributed by atoms with Crippen LogP contribution in [0.4, 0.5) is 17.6 Å². The predicted molar refractivity (Wildman–Crippen MR) is 72.1 cm³/mol. The summed E-state index contributed by atoms with van der Waals surface area (Å²) in [4.78, 5) is 0. The molecule has 0 radical (unpaired) electrons. The molecule has 1 aromatic rings. The molecule has 0 aliphatic carbocycles. The third-order valence-electron chi connectivity index (χ3n) is 3.57. The van der Waals surface area contributed by atoms with E-state index >= 15 is 0 Å². The minimum Gasteiger partial charge on any atom is -0.312 e. The first kappa shape index (κ1) is 17.9. The predicted octanol–water partition coefficient (Wildman–Crippen LogP) is 2.93. The second-order valence-corrected chi connectivity index (χ2v) is 7.93. The first-order valence-corrected chi connectivity index (χ1v) is 7.95. The highest BCUT2D eigenvalue weighted by molar-refractivity contribution is 7.92. The number of benzene rings is 1. The fourth-order valence-electron chi connectivity index (χ4n) is 2.07. The Morgan fingerprint density at radius 2 is 1.71 bits per heavy atom. The van der Waals surface area contributed by atoms with E-state index in [1.165, 1.54) is 20.9 Å². The average molecular weight is 327 g/mol. The van der Waals surface area contributed by atoms with Crippen molar-refractivity contribution in [3.63, 3.8) is 0 Å². The van der Waals surface area contributed by atoms with Gasteiger partial charge in [-0.25, -0.2) is 12.8 Å². The second kappa shape index (κ2) is 5.57. The Kier molecular flexibility index (Phi) is 4.74. The van der Waals surface area contributed by atoms with E-state index in [1.54, 1.807) is 0 Å². The van der Waals surface area contributed by atoms with E-state index in [0.717, 1.165) is 12.3 Å². The van der Waals surface area contributed by atoms with Gasteiger partial charge in [-0.2, -0.15) is 13.2 Å². The Morgan fingerprint density at radius 3 is 2.10 bits per heavy atom. The van der Waals surface area contributed by atoms with Crippen molar-refractivity contribution in [2.24, 2.45) is 0 Å². The van der Waals surface area contributed by atoms with Gasteiger partial charge in [0, 0.05) is 6.26 Å². The number of halogens is 4. The SMILES string of the molecule is CNC(c1ccc(F)c(C(F)(F)F)c1)C(C)(C)S(C)(=O)=O. The Hall–Kier alpha value is -1.15. The van der Waals surface area contributed by atoms with Crippen molar-refractivity contribution in [2.45, 2.75) is 30.8 Å². The fourth-order valence-corrected chi connectivity index (χ4v) is 2.75. The van der Waals surface area contributed by atoms with Gasteiger partial charge >= 0.3 is 6.18 Å². The summed E-state index contributed by atoms with van der Waals surface area (Å²) in [6, 6.07) is 1.58. The van der Waals surface area contributed by atoms with Gasteiger partial charge in [-0.15, -0.1) is 0 Å². The highest BCUT2D eigenvalue weighted by Gasteiger charge is 2.41. The van der Waals surface area contributed by atoms with Crippen molar-refractivity contribution >= 4 is 9.84 Å². The molecule has 0 aromatic heterocycles. The number of sulfone groups is 1. The Morgan fingerprint density at radius 1 is 1.19 bits per heavy atom. The van der Waals surface area contributed by atoms with E-state index in [2.05, 4.69) is 5.32 Å². The molecular weight excluding hydrogens is 310 g/mol. The van der Waals surface area contributed by atoms with Crippen LogP contribution in [0.5, 0.6) is 0 Å². The third-order valence-corrected chi connectivity index (χ3v) is 5.72. The summed E-state index contributed by atoms with van der Waals surface area (Å²) >= 11 is 0. The van der Waals surface area contributed by atoms with Crippen LogP contribution in [-0.2, 0) is 16.0 Å². The molecule has 0 fully saturated rings. The molecular formula is C13H17F4NO2S. The van der Waals surface area contributed by atoms with Gasteiger partial charge in [-0.05, 0) is 38.6 Å². The fraction of sp³-hybridized carbons (Fsp3) is 0.538. The number of nitrogens with one attached hydrogen (secondary N) is 1. The highest BCUT2D eigenvalue weighted by Crippen LogP contribution is 2.37. The van der Waals surface area contributed by atoms with Gasteiger partial charge in [0.05, 0.1) is 16.4 Å². The lowest BCUT2D eigenvalue weighted by atomic mass is 9.93. The zero-order valence-electron chi connectivity index (χ0n) is 12.0. The Balaban J connectivity index is 3.45. The normalized spacial score (nSPS) is 15.0. The van der Waals surface area contributed by atoms with Gasteiger partial charge < -0.3 is 5.32 Å². The largest absolute Gasteiger partial charge is 0.419 e. The van der Waals surface area contributed by atoms with E-state index in [1.807, 2.05) is 0 Å². The lowest BCUT2D eigenvalue weighted by Crippen LogP contribution is -2.43. The first-order chi connectivity index (χ1) is 9.32. The molecule has 120 valence electrons. The standard InChI is InChI=1S/C13H17F4NO2S/c1-12(2,21(4,19)20)11(18-3)8-5-6-10(14)9(7-8)13(15,16)17/h5-7,11,18H,1-4H3. The van der Waals surface area contributed by atoms with Crippen molar-refractivity contribution in [2.75, 3.05) is 13.3 Å². The molecule has 0 saturated carbocycles. The average Bonchev–Trinajstić information content (AvgIpc) is 2.28. The molecule has 0 aliphatic heterocycles. The molecule has 8 heteroatoms. The van der Waals surface area contributed by atoms with Gasteiger partial charge in [0.25, 0.3) is 0 Å². The van der Waals surface area contributed by atoms with Crippen LogP contribution in [0.25, 0.3) is 0 Å². The molecule has 0 amide bonds. The number of hydrogen-bond donors (Lipinski definition) is 1. The summed E-state index contributed by atoms with van der Waals surface area (Å²) in [7, 11) is -2.12. The van der Waals surface area contributed by atoms with E-state index in [-0.39, 0.29) is 5.56 Å². The molecule has 21 heavy (non-hydrogen) atoms. The van der Waals surface area contributed by atoms with E-state index in [0.29, 0.717) is 12.1 Å². The van der Waals surface area contributed by atoms with Crippen molar-refractivity contribution in [1.82, 2.24) is 5.32 Å². The zero-order chi connectivity index (χ0) is 16.6.